The molecule has 1 fully saturated rings. The van der Waals surface area contributed by atoms with Crippen LogP contribution in [0.5, 0.6) is 0 Å². The van der Waals surface area contributed by atoms with Crippen molar-refractivity contribution in [2.45, 2.75) is 13.3 Å². The van der Waals surface area contributed by atoms with E-state index in [4.69, 9.17) is 0 Å². The first-order valence-electron chi connectivity index (χ1n) is 8.84. The van der Waals surface area contributed by atoms with E-state index < -0.39 is 0 Å². The highest BCUT2D eigenvalue weighted by molar-refractivity contribution is 5.94. The van der Waals surface area contributed by atoms with Gasteiger partial charge < -0.3 is 15.6 Å². The van der Waals surface area contributed by atoms with E-state index in [-0.39, 0.29) is 42.5 Å². The molecule has 0 bridgehead atoms. The Bertz CT molecular complexity index is 958. The summed E-state index contributed by atoms with van der Waals surface area (Å²) in [6.07, 6.45) is 0.398. The number of benzene rings is 2. The van der Waals surface area contributed by atoms with Crippen molar-refractivity contribution in [2.24, 2.45) is 11.8 Å². The average Bonchev–Trinajstić information content (AvgIpc) is 2.97. The Morgan fingerprint density at radius 2 is 2.00 bits per heavy atom. The van der Waals surface area contributed by atoms with Crippen LogP contribution in [0.1, 0.15) is 18.3 Å². The lowest BCUT2D eigenvalue weighted by Crippen LogP contribution is -2.48. The Kier molecular flexibility index (Phi) is 7.41. The number of anilines is 1. The van der Waals surface area contributed by atoms with Gasteiger partial charge in [0.25, 0.3) is 0 Å². The molecule has 150 valence electrons. The third-order valence-electron chi connectivity index (χ3n) is 5.05. The van der Waals surface area contributed by atoms with Crippen LogP contribution in [0.3, 0.4) is 0 Å². The summed E-state index contributed by atoms with van der Waals surface area (Å²) in [7, 11) is 0. The van der Waals surface area contributed by atoms with E-state index in [1.165, 1.54) is 6.07 Å². The summed E-state index contributed by atoms with van der Waals surface area (Å²) in [6, 6.07) is 12.3. The maximum atomic E-state index is 13.8. The van der Waals surface area contributed by atoms with Crippen LogP contribution in [0.25, 0.3) is 11.0 Å². The summed E-state index contributed by atoms with van der Waals surface area (Å²) in [6.45, 7) is 3.75. The number of nitrogens with one attached hydrogen (secondary N) is 3. The van der Waals surface area contributed by atoms with Crippen LogP contribution in [0.4, 0.5) is 10.1 Å². The highest BCUT2D eigenvalue weighted by Gasteiger charge is 2.28. The molecule has 1 unspecified atom stereocenters. The fraction of sp³-hybridized carbons (Fsp3) is 0.300. The number of amides is 1. The summed E-state index contributed by atoms with van der Waals surface area (Å²) < 4.78 is 13.8. The Morgan fingerprint density at radius 3 is 2.68 bits per heavy atom. The standard InChI is InChI=1S/C20H21FN4O.2ClH/c1-12(14-10-22-11-14)20(26)23-15-6-7-17-18(9-15)25-19(24-17)8-13-4-2-3-5-16(13)21;;/h2-7,9,12,14,22H,8,10-11H2,1H3,(H,23,26)(H,24,25);2*1H. The second-order valence-corrected chi connectivity index (χ2v) is 6.88. The van der Waals surface area contributed by atoms with Crippen LogP contribution in [0, 0.1) is 17.7 Å². The van der Waals surface area contributed by atoms with E-state index in [1.807, 2.05) is 31.2 Å². The average molecular weight is 425 g/mol. The van der Waals surface area contributed by atoms with Crippen LogP contribution in [-0.4, -0.2) is 29.0 Å². The number of aromatic nitrogens is 2. The molecule has 1 aliphatic rings. The summed E-state index contributed by atoms with van der Waals surface area (Å²) in [5, 5.41) is 6.17. The van der Waals surface area contributed by atoms with E-state index >= 15 is 0 Å². The summed E-state index contributed by atoms with van der Waals surface area (Å²) >= 11 is 0. The van der Waals surface area contributed by atoms with E-state index in [9.17, 15) is 9.18 Å². The molecular formula is C20H23Cl2FN4O. The molecule has 0 saturated carbocycles. The number of aromatic amines is 1. The van der Waals surface area contributed by atoms with E-state index in [2.05, 4.69) is 20.6 Å². The SMILES string of the molecule is CC(C(=O)Nc1ccc2nc(Cc3ccccc3F)[nH]c2c1)C1CNC1.Cl.Cl. The van der Waals surface area contributed by atoms with Gasteiger partial charge in [-0.2, -0.15) is 0 Å². The quantitative estimate of drug-likeness (QED) is 0.580. The third kappa shape index (κ3) is 4.63. The normalized spacial score (nSPS) is 14.5. The first-order valence-corrected chi connectivity index (χ1v) is 8.84. The van der Waals surface area contributed by atoms with Gasteiger partial charge in [0.05, 0.1) is 11.0 Å². The summed E-state index contributed by atoms with van der Waals surface area (Å²) in [5.74, 6) is 0.869. The minimum atomic E-state index is -0.236. The van der Waals surface area contributed by atoms with E-state index in [0.717, 1.165) is 29.8 Å². The maximum Gasteiger partial charge on any atom is 0.227 e. The number of carbonyl (C=O) groups excluding carboxylic acids is 1. The van der Waals surface area contributed by atoms with Crippen molar-refractivity contribution < 1.29 is 9.18 Å². The number of nitrogens with zero attached hydrogens (tertiary/aromatic N) is 1. The molecule has 0 radical (unpaired) electrons. The topological polar surface area (TPSA) is 69.8 Å². The molecule has 0 aliphatic carbocycles. The van der Waals surface area contributed by atoms with Crippen molar-refractivity contribution in [1.29, 1.82) is 0 Å². The summed E-state index contributed by atoms with van der Waals surface area (Å²) in [5.41, 5.74) is 2.96. The van der Waals surface area contributed by atoms with Crippen molar-refractivity contribution in [1.82, 2.24) is 15.3 Å². The lowest BCUT2D eigenvalue weighted by Gasteiger charge is -2.31. The molecule has 1 saturated heterocycles. The van der Waals surface area contributed by atoms with Crippen LogP contribution in [0.2, 0.25) is 0 Å². The van der Waals surface area contributed by atoms with Gasteiger partial charge in [-0.15, -0.1) is 24.8 Å². The third-order valence-corrected chi connectivity index (χ3v) is 5.05. The molecule has 8 heteroatoms. The second kappa shape index (κ2) is 9.37. The van der Waals surface area contributed by atoms with Crippen molar-refractivity contribution in [3.63, 3.8) is 0 Å². The van der Waals surface area contributed by atoms with Gasteiger partial charge in [-0.1, -0.05) is 25.1 Å². The highest BCUT2D eigenvalue weighted by Crippen LogP contribution is 2.22. The number of hydrogen-bond acceptors (Lipinski definition) is 3. The molecule has 3 aromatic rings. The van der Waals surface area contributed by atoms with Crippen LogP contribution < -0.4 is 10.6 Å². The van der Waals surface area contributed by atoms with Crippen molar-refractivity contribution in [3.05, 3.63) is 59.7 Å². The zero-order valence-electron chi connectivity index (χ0n) is 15.4. The van der Waals surface area contributed by atoms with Gasteiger partial charge >= 0.3 is 0 Å². The second-order valence-electron chi connectivity index (χ2n) is 6.88. The smallest absolute Gasteiger partial charge is 0.227 e. The van der Waals surface area contributed by atoms with Crippen LogP contribution >= 0.6 is 24.8 Å². The zero-order valence-corrected chi connectivity index (χ0v) is 17.0. The molecule has 2 heterocycles. The van der Waals surface area contributed by atoms with Gasteiger partial charge in [-0.3, -0.25) is 4.79 Å². The lowest BCUT2D eigenvalue weighted by molar-refractivity contribution is -0.121. The van der Waals surface area contributed by atoms with Crippen molar-refractivity contribution >= 4 is 47.4 Å². The van der Waals surface area contributed by atoms with E-state index in [0.29, 0.717) is 23.7 Å². The Morgan fingerprint density at radius 1 is 1.25 bits per heavy atom. The molecule has 0 spiro atoms. The van der Waals surface area contributed by atoms with Crippen LogP contribution in [-0.2, 0) is 11.2 Å². The first kappa shape index (κ1) is 22.1. The van der Waals surface area contributed by atoms with Gasteiger partial charge in [0, 0.05) is 18.0 Å². The van der Waals surface area contributed by atoms with Gasteiger partial charge in [0.15, 0.2) is 0 Å². The maximum absolute atomic E-state index is 13.8. The predicted octanol–water partition coefficient (Wildman–Crippen LogP) is 3.93. The fourth-order valence-electron chi connectivity index (χ4n) is 3.18. The number of imidazole rings is 1. The Balaban J connectivity index is 0.00000140. The number of H-pyrrole nitrogens is 1. The van der Waals surface area contributed by atoms with Crippen molar-refractivity contribution in [2.75, 3.05) is 18.4 Å². The molecule has 5 nitrogen and oxygen atoms in total. The van der Waals surface area contributed by atoms with Gasteiger partial charge in [-0.25, -0.2) is 9.37 Å². The highest BCUT2D eigenvalue weighted by atomic mass is 35.5. The number of carbonyl (C=O) groups is 1. The zero-order chi connectivity index (χ0) is 18.1. The fourth-order valence-corrected chi connectivity index (χ4v) is 3.18. The largest absolute Gasteiger partial charge is 0.342 e. The predicted molar refractivity (Wildman–Crippen MR) is 114 cm³/mol. The number of halogens is 3. The first-order chi connectivity index (χ1) is 12.6. The molecule has 3 N–H and O–H groups in total. The van der Waals surface area contributed by atoms with Crippen LogP contribution in [0.15, 0.2) is 42.5 Å². The molecule has 2 aromatic carbocycles. The minimum Gasteiger partial charge on any atom is -0.342 e. The number of rotatable bonds is 5. The monoisotopic (exact) mass is 424 g/mol. The minimum absolute atomic E-state index is 0. The summed E-state index contributed by atoms with van der Waals surface area (Å²) in [4.78, 5) is 20.1. The molecule has 1 aromatic heterocycles. The molecule has 1 atom stereocenters. The lowest BCUT2D eigenvalue weighted by atomic mass is 9.88. The van der Waals surface area contributed by atoms with E-state index in [1.54, 1.807) is 12.1 Å². The van der Waals surface area contributed by atoms with Gasteiger partial charge in [0.1, 0.15) is 11.6 Å². The molecular weight excluding hydrogens is 402 g/mol. The van der Waals surface area contributed by atoms with Gasteiger partial charge in [-0.05, 0) is 48.8 Å². The Hall–Kier alpha value is -2.15. The molecule has 28 heavy (non-hydrogen) atoms. The van der Waals surface area contributed by atoms with Gasteiger partial charge in [0.2, 0.25) is 5.91 Å². The molecule has 1 amide bonds. The number of hydrogen-bond donors (Lipinski definition) is 3. The molecule has 1 aliphatic heterocycles. The number of fused-ring (bicyclic) bond motifs is 1. The molecule has 4 rings (SSSR count). The van der Waals surface area contributed by atoms with Crippen molar-refractivity contribution in [3.8, 4) is 0 Å². The Labute approximate surface area is 175 Å².